The fourth-order valence-corrected chi connectivity index (χ4v) is 3.79. The highest BCUT2D eigenvalue weighted by atomic mass is 19.1. The maximum atomic E-state index is 13.1. The molecule has 0 spiro atoms. The van der Waals surface area contributed by atoms with Gasteiger partial charge < -0.3 is 5.32 Å². The lowest BCUT2D eigenvalue weighted by Gasteiger charge is -2.41. The third-order valence-corrected chi connectivity index (χ3v) is 4.85. The van der Waals surface area contributed by atoms with Crippen molar-refractivity contribution < 1.29 is 9.18 Å². The Morgan fingerprint density at radius 3 is 2.86 bits per heavy atom. The number of likely N-dealkylation sites (tertiary alicyclic amines) is 1. The lowest BCUT2D eigenvalue weighted by molar-refractivity contribution is -0.118. The fraction of sp³-hybridized carbons (Fsp3) is 0.588. The van der Waals surface area contributed by atoms with Crippen LogP contribution in [-0.4, -0.2) is 30.4 Å². The summed E-state index contributed by atoms with van der Waals surface area (Å²) in [5, 5.41) is 2.78. The topological polar surface area (TPSA) is 32.3 Å². The number of nitrogens with one attached hydrogen (secondary N) is 1. The van der Waals surface area contributed by atoms with E-state index in [2.05, 4.69) is 10.2 Å². The van der Waals surface area contributed by atoms with Crippen LogP contribution in [0.4, 0.5) is 10.1 Å². The zero-order valence-electron chi connectivity index (χ0n) is 12.4. The predicted molar refractivity (Wildman–Crippen MR) is 81.5 cm³/mol. The van der Waals surface area contributed by atoms with Gasteiger partial charge in [0.1, 0.15) is 5.82 Å². The highest BCUT2D eigenvalue weighted by Crippen LogP contribution is 2.35. The zero-order chi connectivity index (χ0) is 14.7. The van der Waals surface area contributed by atoms with Crippen LogP contribution in [0.15, 0.2) is 24.3 Å². The highest BCUT2D eigenvalue weighted by molar-refractivity contribution is 5.92. The molecule has 1 aromatic rings. The molecule has 114 valence electrons. The summed E-state index contributed by atoms with van der Waals surface area (Å²) in [4.78, 5) is 14.3. The molecule has 1 aliphatic heterocycles. The maximum absolute atomic E-state index is 13.1. The number of anilines is 1. The Hall–Kier alpha value is -1.42. The molecule has 1 heterocycles. The number of rotatable bonds is 3. The molecule has 3 nitrogen and oxygen atoms in total. The average Bonchev–Trinajstić information content (AvgIpc) is 2.47. The normalized spacial score (nSPS) is 26.1. The van der Waals surface area contributed by atoms with Gasteiger partial charge in [0.05, 0.1) is 6.54 Å². The first-order valence-corrected chi connectivity index (χ1v) is 7.98. The molecule has 0 unspecified atom stereocenters. The second-order valence-corrected chi connectivity index (χ2v) is 6.39. The lowest BCUT2D eigenvalue weighted by Crippen LogP contribution is -2.44. The van der Waals surface area contributed by atoms with E-state index in [1.54, 1.807) is 12.1 Å². The van der Waals surface area contributed by atoms with Crippen LogP contribution in [0.1, 0.15) is 32.1 Å². The molecule has 3 rings (SSSR count). The Labute approximate surface area is 125 Å². The first-order chi connectivity index (χ1) is 10.2. The summed E-state index contributed by atoms with van der Waals surface area (Å²) in [5.41, 5.74) is 0.535. The minimum Gasteiger partial charge on any atom is -0.325 e. The molecule has 1 amide bonds. The van der Waals surface area contributed by atoms with Crippen molar-refractivity contribution in [1.29, 1.82) is 0 Å². The number of carbonyl (C=O) groups is 1. The number of benzene rings is 1. The number of piperidine rings is 1. The number of fused-ring (bicyclic) bond motifs is 1. The van der Waals surface area contributed by atoms with E-state index in [0.29, 0.717) is 12.2 Å². The third kappa shape index (κ3) is 3.82. The van der Waals surface area contributed by atoms with Gasteiger partial charge in [-0.3, -0.25) is 9.69 Å². The van der Waals surface area contributed by atoms with Gasteiger partial charge in [-0.15, -0.1) is 0 Å². The van der Waals surface area contributed by atoms with E-state index in [1.165, 1.54) is 44.2 Å². The van der Waals surface area contributed by atoms with E-state index in [0.717, 1.165) is 24.9 Å². The van der Waals surface area contributed by atoms with Gasteiger partial charge in [0.25, 0.3) is 0 Å². The molecule has 1 saturated heterocycles. The van der Waals surface area contributed by atoms with Crippen LogP contribution in [0.3, 0.4) is 0 Å². The molecule has 21 heavy (non-hydrogen) atoms. The number of amides is 1. The predicted octanol–water partition coefficient (Wildman–Crippen LogP) is 3.28. The van der Waals surface area contributed by atoms with E-state index in [4.69, 9.17) is 0 Å². The molecule has 0 aromatic heterocycles. The van der Waals surface area contributed by atoms with E-state index >= 15 is 0 Å². The summed E-state index contributed by atoms with van der Waals surface area (Å²) in [6, 6.07) is 6.06. The summed E-state index contributed by atoms with van der Waals surface area (Å²) >= 11 is 0. The molecular weight excluding hydrogens is 267 g/mol. The third-order valence-electron chi connectivity index (χ3n) is 4.85. The van der Waals surface area contributed by atoms with Crippen LogP contribution in [0.5, 0.6) is 0 Å². The van der Waals surface area contributed by atoms with Crippen LogP contribution in [0, 0.1) is 17.7 Å². The molecule has 0 bridgehead atoms. The monoisotopic (exact) mass is 290 g/mol. The molecule has 2 fully saturated rings. The molecule has 1 saturated carbocycles. The van der Waals surface area contributed by atoms with Crippen molar-refractivity contribution in [3.05, 3.63) is 30.1 Å². The van der Waals surface area contributed by atoms with E-state index < -0.39 is 0 Å². The van der Waals surface area contributed by atoms with E-state index in [9.17, 15) is 9.18 Å². The largest absolute Gasteiger partial charge is 0.325 e. The van der Waals surface area contributed by atoms with Crippen molar-refractivity contribution >= 4 is 11.6 Å². The summed E-state index contributed by atoms with van der Waals surface area (Å²) in [5.74, 6) is 1.28. The quantitative estimate of drug-likeness (QED) is 0.926. The Morgan fingerprint density at radius 2 is 2.05 bits per heavy atom. The lowest BCUT2D eigenvalue weighted by atomic mass is 9.75. The van der Waals surface area contributed by atoms with Crippen molar-refractivity contribution in [2.75, 3.05) is 25.0 Å². The molecule has 2 atom stereocenters. The smallest absolute Gasteiger partial charge is 0.238 e. The second kappa shape index (κ2) is 6.56. The SMILES string of the molecule is O=C(CN1CC[C@@H]2CCCC[C@@H]2C1)Nc1cccc(F)c1. The van der Waals surface area contributed by atoms with Gasteiger partial charge in [-0.25, -0.2) is 4.39 Å². The highest BCUT2D eigenvalue weighted by Gasteiger charge is 2.31. The first-order valence-electron chi connectivity index (χ1n) is 7.98. The van der Waals surface area contributed by atoms with Gasteiger partial charge in [0, 0.05) is 12.2 Å². The van der Waals surface area contributed by atoms with Gasteiger partial charge in [-0.05, 0) is 49.4 Å². The summed E-state index contributed by atoms with van der Waals surface area (Å²) in [7, 11) is 0. The van der Waals surface area contributed by atoms with Crippen LogP contribution in [0.25, 0.3) is 0 Å². The van der Waals surface area contributed by atoms with Crippen LogP contribution < -0.4 is 5.32 Å². The maximum Gasteiger partial charge on any atom is 0.238 e. The molecule has 1 N–H and O–H groups in total. The standard InChI is InChI=1S/C17H23FN2O/c18-15-6-3-7-16(10-15)19-17(21)12-20-9-8-13-4-1-2-5-14(13)11-20/h3,6-7,10,13-14H,1-2,4-5,8-9,11-12H2,(H,19,21)/t13-,14+/m0/s1. The Kier molecular flexibility index (Phi) is 4.54. The van der Waals surface area contributed by atoms with Crippen LogP contribution in [0.2, 0.25) is 0 Å². The number of halogens is 1. The Morgan fingerprint density at radius 1 is 1.24 bits per heavy atom. The van der Waals surface area contributed by atoms with Gasteiger partial charge in [-0.2, -0.15) is 0 Å². The van der Waals surface area contributed by atoms with Gasteiger partial charge in [0.2, 0.25) is 5.91 Å². The Bertz CT molecular complexity index is 505. The molecular formula is C17H23FN2O. The van der Waals surface area contributed by atoms with Crippen LogP contribution in [-0.2, 0) is 4.79 Å². The number of nitrogens with zero attached hydrogens (tertiary/aromatic N) is 1. The number of hydrogen-bond donors (Lipinski definition) is 1. The van der Waals surface area contributed by atoms with Gasteiger partial charge in [0.15, 0.2) is 0 Å². The second-order valence-electron chi connectivity index (χ2n) is 6.39. The van der Waals surface area contributed by atoms with Crippen LogP contribution >= 0.6 is 0 Å². The van der Waals surface area contributed by atoms with Crippen molar-refractivity contribution in [2.45, 2.75) is 32.1 Å². The number of carbonyl (C=O) groups excluding carboxylic acids is 1. The van der Waals surface area contributed by atoms with Gasteiger partial charge >= 0.3 is 0 Å². The minimum absolute atomic E-state index is 0.0464. The molecule has 2 aliphatic rings. The summed E-state index contributed by atoms with van der Waals surface area (Å²) in [6.45, 7) is 2.47. The molecule has 1 aliphatic carbocycles. The number of hydrogen-bond acceptors (Lipinski definition) is 2. The summed E-state index contributed by atoms with van der Waals surface area (Å²) in [6.07, 6.45) is 6.62. The average molecular weight is 290 g/mol. The van der Waals surface area contributed by atoms with Crippen molar-refractivity contribution in [3.8, 4) is 0 Å². The van der Waals surface area contributed by atoms with Crippen molar-refractivity contribution in [3.63, 3.8) is 0 Å². The molecule has 1 aromatic carbocycles. The zero-order valence-corrected chi connectivity index (χ0v) is 12.4. The summed E-state index contributed by atoms with van der Waals surface area (Å²) < 4.78 is 13.1. The van der Waals surface area contributed by atoms with Crippen molar-refractivity contribution in [2.24, 2.45) is 11.8 Å². The molecule has 0 radical (unpaired) electrons. The van der Waals surface area contributed by atoms with E-state index in [-0.39, 0.29) is 11.7 Å². The minimum atomic E-state index is -0.323. The molecule has 4 heteroatoms. The Balaban J connectivity index is 1.51. The first kappa shape index (κ1) is 14.5. The fourth-order valence-electron chi connectivity index (χ4n) is 3.79. The van der Waals surface area contributed by atoms with E-state index in [1.807, 2.05) is 0 Å². The van der Waals surface area contributed by atoms with Gasteiger partial charge in [-0.1, -0.05) is 25.3 Å². The van der Waals surface area contributed by atoms with Crippen molar-refractivity contribution in [1.82, 2.24) is 4.90 Å².